The molecule has 6 nitrogen and oxygen atoms in total. The molecule has 19 heavy (non-hydrogen) atoms. The number of aromatic hydroxyl groups is 1. The second-order valence-corrected chi connectivity index (χ2v) is 6.64. The van der Waals surface area contributed by atoms with Gasteiger partial charge in [0.1, 0.15) is 11.8 Å². The van der Waals surface area contributed by atoms with Gasteiger partial charge in [-0.3, -0.25) is 4.79 Å². The van der Waals surface area contributed by atoms with Gasteiger partial charge in [0.05, 0.1) is 6.26 Å². The number of benzene rings is 1. The molecule has 1 aliphatic rings. The molecule has 2 atom stereocenters. The number of rotatable bonds is 3. The summed E-state index contributed by atoms with van der Waals surface area (Å²) in [7, 11) is -3.46. The van der Waals surface area contributed by atoms with Crippen molar-refractivity contribution in [3.05, 3.63) is 29.8 Å². The van der Waals surface area contributed by atoms with Crippen molar-refractivity contribution in [1.29, 1.82) is 0 Å². The van der Waals surface area contributed by atoms with Gasteiger partial charge in [0, 0.05) is 12.5 Å². The van der Waals surface area contributed by atoms with Crippen LogP contribution in [0.2, 0.25) is 0 Å². The predicted octanol–water partition coefficient (Wildman–Crippen LogP) is -0.00500. The van der Waals surface area contributed by atoms with Gasteiger partial charge in [-0.05, 0) is 24.1 Å². The molecule has 7 heteroatoms. The van der Waals surface area contributed by atoms with Gasteiger partial charge in [-0.1, -0.05) is 12.1 Å². The molecule has 0 aromatic heterocycles. The van der Waals surface area contributed by atoms with E-state index in [4.69, 9.17) is 5.73 Å². The minimum Gasteiger partial charge on any atom is -0.508 e. The third kappa shape index (κ3) is 2.71. The van der Waals surface area contributed by atoms with Crippen LogP contribution in [0.1, 0.15) is 17.9 Å². The van der Waals surface area contributed by atoms with Crippen LogP contribution < -0.4 is 5.73 Å². The number of phenolic OH excluding ortho intramolecular Hbond substituents is 1. The molecule has 1 amide bonds. The lowest BCUT2D eigenvalue weighted by Gasteiger charge is -2.23. The number of phenols is 1. The highest BCUT2D eigenvalue weighted by Crippen LogP contribution is 2.35. The van der Waals surface area contributed by atoms with E-state index in [1.165, 1.54) is 12.1 Å². The largest absolute Gasteiger partial charge is 0.508 e. The molecule has 104 valence electrons. The average Bonchev–Trinajstić information content (AvgIpc) is 2.74. The monoisotopic (exact) mass is 284 g/mol. The minimum atomic E-state index is -3.46. The highest BCUT2D eigenvalue weighted by atomic mass is 32.2. The molecular weight excluding hydrogens is 268 g/mol. The molecule has 3 N–H and O–H groups in total. The molecule has 1 aliphatic heterocycles. The molecule has 1 fully saturated rings. The fourth-order valence-corrected chi connectivity index (χ4v) is 3.65. The summed E-state index contributed by atoms with van der Waals surface area (Å²) >= 11 is 0. The molecule has 1 heterocycles. The fraction of sp³-hybridized carbons (Fsp3) is 0.417. The summed E-state index contributed by atoms with van der Waals surface area (Å²) in [6.07, 6.45) is 1.60. The van der Waals surface area contributed by atoms with Crippen LogP contribution in [0.15, 0.2) is 24.3 Å². The van der Waals surface area contributed by atoms with E-state index in [-0.39, 0.29) is 18.2 Å². The van der Waals surface area contributed by atoms with Gasteiger partial charge in [-0.2, -0.15) is 4.31 Å². The lowest BCUT2D eigenvalue weighted by Crippen LogP contribution is -2.45. The van der Waals surface area contributed by atoms with Gasteiger partial charge in [0.25, 0.3) is 0 Å². The van der Waals surface area contributed by atoms with E-state index in [0.29, 0.717) is 6.42 Å². The summed E-state index contributed by atoms with van der Waals surface area (Å²) in [6, 6.07) is 5.52. The molecule has 0 aliphatic carbocycles. The van der Waals surface area contributed by atoms with Crippen LogP contribution in [-0.4, -0.2) is 42.6 Å². The summed E-state index contributed by atoms with van der Waals surface area (Å²) in [5.41, 5.74) is 6.15. The Balaban J connectivity index is 2.37. The first-order chi connectivity index (χ1) is 8.80. The van der Waals surface area contributed by atoms with Gasteiger partial charge in [-0.15, -0.1) is 0 Å². The zero-order valence-electron chi connectivity index (χ0n) is 10.5. The number of nitrogens with two attached hydrogens (primary N) is 1. The number of hydrogen-bond donors (Lipinski definition) is 2. The van der Waals surface area contributed by atoms with Gasteiger partial charge < -0.3 is 10.8 Å². The molecule has 0 unspecified atom stereocenters. The number of nitrogens with zero attached hydrogens (tertiary/aromatic N) is 1. The topological polar surface area (TPSA) is 101 Å². The average molecular weight is 284 g/mol. The van der Waals surface area contributed by atoms with E-state index in [9.17, 15) is 18.3 Å². The molecule has 1 saturated heterocycles. The Labute approximate surface area is 111 Å². The van der Waals surface area contributed by atoms with Gasteiger partial charge in [0.15, 0.2) is 0 Å². The number of primary amides is 1. The molecule has 0 radical (unpaired) electrons. The van der Waals surface area contributed by atoms with Crippen LogP contribution in [-0.2, 0) is 14.8 Å². The lowest BCUT2D eigenvalue weighted by molar-refractivity contribution is -0.121. The fourth-order valence-electron chi connectivity index (χ4n) is 2.55. The maximum absolute atomic E-state index is 11.7. The van der Waals surface area contributed by atoms with E-state index in [0.717, 1.165) is 16.1 Å². The van der Waals surface area contributed by atoms with Gasteiger partial charge >= 0.3 is 0 Å². The first-order valence-electron chi connectivity index (χ1n) is 5.86. The summed E-state index contributed by atoms with van der Waals surface area (Å²) in [4.78, 5) is 11.6. The van der Waals surface area contributed by atoms with Crippen molar-refractivity contribution in [2.75, 3.05) is 12.8 Å². The van der Waals surface area contributed by atoms with Crippen molar-refractivity contribution in [2.45, 2.75) is 18.4 Å². The van der Waals surface area contributed by atoms with Crippen LogP contribution in [0.4, 0.5) is 0 Å². The van der Waals surface area contributed by atoms with Gasteiger partial charge in [0.2, 0.25) is 15.9 Å². The summed E-state index contributed by atoms with van der Waals surface area (Å²) < 4.78 is 24.5. The molecule has 1 aromatic carbocycles. The summed E-state index contributed by atoms with van der Waals surface area (Å²) in [5, 5.41) is 9.26. The maximum atomic E-state index is 11.7. The molecular formula is C12H16N2O4S. The van der Waals surface area contributed by atoms with E-state index < -0.39 is 22.0 Å². The Morgan fingerprint density at radius 2 is 1.95 bits per heavy atom. The summed E-state index contributed by atoms with van der Waals surface area (Å²) in [5.74, 6) is -0.800. The van der Waals surface area contributed by atoms with Crippen LogP contribution in [0, 0.1) is 0 Å². The second kappa shape index (κ2) is 4.82. The molecule has 0 saturated carbocycles. The third-order valence-electron chi connectivity index (χ3n) is 3.39. The summed E-state index contributed by atoms with van der Waals surface area (Å²) in [6.45, 7) is 0.276. The third-order valence-corrected chi connectivity index (χ3v) is 4.65. The molecule has 1 aromatic rings. The van der Waals surface area contributed by atoms with Crippen molar-refractivity contribution in [2.24, 2.45) is 5.73 Å². The zero-order chi connectivity index (χ0) is 14.2. The Hall–Kier alpha value is -1.60. The Morgan fingerprint density at radius 3 is 2.42 bits per heavy atom. The standard InChI is InChI=1S/C12H16N2O4S/c1-19(17,18)14-7-6-10(11(14)12(13)16)8-2-4-9(15)5-3-8/h2-5,10-11,15H,6-7H2,1H3,(H2,13,16)/t10-,11+/m1/s1. The van der Waals surface area contributed by atoms with Crippen molar-refractivity contribution in [3.63, 3.8) is 0 Å². The highest BCUT2D eigenvalue weighted by Gasteiger charge is 2.43. The number of sulfonamides is 1. The van der Waals surface area contributed by atoms with Crippen molar-refractivity contribution >= 4 is 15.9 Å². The number of hydrogen-bond acceptors (Lipinski definition) is 4. The van der Waals surface area contributed by atoms with Gasteiger partial charge in [-0.25, -0.2) is 8.42 Å². The molecule has 2 rings (SSSR count). The zero-order valence-corrected chi connectivity index (χ0v) is 11.3. The smallest absolute Gasteiger partial charge is 0.236 e. The number of amides is 1. The number of carbonyl (C=O) groups excluding carboxylic acids is 1. The van der Waals surface area contributed by atoms with E-state index in [1.807, 2.05) is 0 Å². The highest BCUT2D eigenvalue weighted by molar-refractivity contribution is 7.88. The Morgan fingerprint density at radius 1 is 1.37 bits per heavy atom. The van der Waals surface area contributed by atoms with Crippen molar-refractivity contribution < 1.29 is 18.3 Å². The quantitative estimate of drug-likeness (QED) is 0.815. The van der Waals surface area contributed by atoms with E-state index >= 15 is 0 Å². The van der Waals surface area contributed by atoms with Crippen LogP contribution in [0.25, 0.3) is 0 Å². The maximum Gasteiger partial charge on any atom is 0.236 e. The first kappa shape index (κ1) is 13.8. The van der Waals surface area contributed by atoms with Crippen molar-refractivity contribution in [3.8, 4) is 5.75 Å². The van der Waals surface area contributed by atoms with Crippen LogP contribution >= 0.6 is 0 Å². The Bertz CT molecular complexity index is 582. The second-order valence-electron chi connectivity index (χ2n) is 4.71. The normalized spacial score (nSPS) is 24.5. The minimum absolute atomic E-state index is 0.123. The first-order valence-corrected chi connectivity index (χ1v) is 7.70. The Kier molecular flexibility index (Phi) is 3.51. The van der Waals surface area contributed by atoms with E-state index in [2.05, 4.69) is 0 Å². The SMILES string of the molecule is CS(=O)(=O)N1CC[C@H](c2ccc(O)cc2)[C@H]1C(N)=O. The molecule has 0 bridgehead atoms. The number of carbonyl (C=O) groups is 1. The predicted molar refractivity (Wildman–Crippen MR) is 70.0 cm³/mol. The van der Waals surface area contributed by atoms with E-state index in [1.54, 1.807) is 12.1 Å². The van der Waals surface area contributed by atoms with Crippen LogP contribution in [0.3, 0.4) is 0 Å². The van der Waals surface area contributed by atoms with Crippen molar-refractivity contribution in [1.82, 2.24) is 4.31 Å². The lowest BCUT2D eigenvalue weighted by atomic mass is 9.91. The molecule has 0 spiro atoms. The van der Waals surface area contributed by atoms with Crippen LogP contribution in [0.5, 0.6) is 5.75 Å².